The standard InChI is InChI=1S/C2H2O4.Li.O.Ti/c3-1(4)2(5)6;;;/h(H,3,4)(H,5,6);;;/q;+1;;+2/p-2. The van der Waals surface area contributed by atoms with Crippen LogP contribution >= 0.6 is 0 Å². The predicted molar refractivity (Wildman–Crippen MR) is 10.7 cm³/mol. The molecule has 0 atom stereocenters. The van der Waals surface area contributed by atoms with Crippen LogP contribution in [0.15, 0.2) is 0 Å². The average molecular weight is 159 g/mol. The molecule has 9 heavy (non-hydrogen) atoms. The van der Waals surface area contributed by atoms with E-state index in [2.05, 4.69) is 0 Å². The number of rotatable bonds is 0. The Bertz CT molecular complexity index is 91.1. The normalized spacial score (nSPS) is 5.56. The quantitative estimate of drug-likeness (QED) is 0.258. The summed E-state index contributed by atoms with van der Waals surface area (Å²) in [5.74, 6) is -4.37. The molecule has 0 aliphatic rings. The van der Waals surface area contributed by atoms with Gasteiger partial charge in [-0.25, -0.2) is 0 Å². The van der Waals surface area contributed by atoms with Crippen LogP contribution in [0.4, 0.5) is 0 Å². The van der Waals surface area contributed by atoms with Gasteiger partial charge in [-0.05, 0) is 0 Å². The van der Waals surface area contributed by atoms with Gasteiger partial charge in [-0.15, -0.1) is 0 Å². The van der Waals surface area contributed by atoms with Crippen LogP contribution < -0.4 is 29.1 Å². The Morgan fingerprint density at radius 2 is 1.11 bits per heavy atom. The molecule has 0 N–H and O–H groups in total. The molecule has 42 valence electrons. The van der Waals surface area contributed by atoms with E-state index in [-0.39, 0.29) is 18.9 Å². The fourth-order valence-electron chi connectivity index (χ4n) is 0. The molecule has 0 radical (unpaired) electrons. The predicted octanol–water partition coefficient (Wildman–Crippen LogP) is -6.63. The molecule has 0 spiro atoms. The summed E-state index contributed by atoms with van der Waals surface area (Å²) in [5, 5.41) is 17.9. The molecule has 0 bridgehead atoms. The molecule has 0 saturated carbocycles. The van der Waals surface area contributed by atoms with Crippen LogP contribution in [0.2, 0.25) is 0 Å². The van der Waals surface area contributed by atoms with Gasteiger partial charge in [0.25, 0.3) is 0 Å². The number of hydrogen-bond acceptors (Lipinski definition) is 5. The number of carboxylic acid groups (broad SMARTS) is 2. The first kappa shape index (κ1) is 16.0. The molecule has 0 saturated heterocycles. The fraction of sp³-hybridized carbons (Fsp3) is 0. The van der Waals surface area contributed by atoms with E-state index in [9.17, 15) is 0 Å². The molecular formula is C2LiO5Ti+. The maximum atomic E-state index is 8.93. The van der Waals surface area contributed by atoms with E-state index in [0.717, 1.165) is 20.4 Å². The van der Waals surface area contributed by atoms with E-state index in [1.807, 2.05) is 0 Å². The first-order chi connectivity index (χ1) is 3.64. The minimum atomic E-state index is -2.19. The zero-order chi connectivity index (χ0) is 7.15. The number of carboxylic acids is 2. The van der Waals surface area contributed by atoms with E-state index in [1.54, 1.807) is 0 Å². The average Bonchev–Trinajstić information content (AvgIpc) is 1.72. The van der Waals surface area contributed by atoms with Crippen molar-refractivity contribution in [2.24, 2.45) is 0 Å². The molecule has 0 aromatic heterocycles. The summed E-state index contributed by atoms with van der Waals surface area (Å²) in [4.78, 5) is 17.9. The van der Waals surface area contributed by atoms with Gasteiger partial charge in [-0.2, -0.15) is 0 Å². The van der Waals surface area contributed by atoms with Crippen LogP contribution in [-0.4, -0.2) is 11.9 Å². The molecular weight excluding hydrogens is 159 g/mol. The molecule has 0 aliphatic heterocycles. The van der Waals surface area contributed by atoms with Crippen molar-refractivity contribution in [3.8, 4) is 0 Å². The van der Waals surface area contributed by atoms with Crippen molar-refractivity contribution in [2.45, 2.75) is 0 Å². The van der Waals surface area contributed by atoms with Crippen molar-refractivity contribution >= 4 is 11.9 Å². The Kier molecular flexibility index (Phi) is 19.5. The summed E-state index contributed by atoms with van der Waals surface area (Å²) in [6.07, 6.45) is 0. The van der Waals surface area contributed by atoms with Gasteiger partial charge in [0.2, 0.25) is 0 Å². The van der Waals surface area contributed by atoms with Gasteiger partial charge >= 0.3 is 42.6 Å². The van der Waals surface area contributed by atoms with E-state index in [1.165, 1.54) is 0 Å². The third kappa shape index (κ3) is 18.0. The zero-order valence-electron chi connectivity index (χ0n) is 4.54. The number of carbonyl (C=O) groups excluding carboxylic acids is 2. The van der Waals surface area contributed by atoms with Gasteiger partial charge in [0.1, 0.15) is 0 Å². The molecule has 0 amide bonds. The van der Waals surface area contributed by atoms with Crippen molar-refractivity contribution in [1.29, 1.82) is 0 Å². The Labute approximate surface area is 74.3 Å². The Hall–Kier alpha value is 0.0517. The number of aliphatic carboxylic acids is 2. The van der Waals surface area contributed by atoms with Crippen molar-refractivity contribution in [2.75, 3.05) is 0 Å². The third-order valence-corrected chi connectivity index (χ3v) is 0.167. The molecule has 0 fully saturated rings. The Balaban J connectivity index is -0.000000109. The summed E-state index contributed by atoms with van der Waals surface area (Å²) in [7, 11) is 0. The van der Waals surface area contributed by atoms with Crippen LogP contribution in [0.25, 0.3) is 0 Å². The second-order valence-electron chi connectivity index (χ2n) is 0.575. The van der Waals surface area contributed by atoms with Crippen molar-refractivity contribution in [1.82, 2.24) is 0 Å². The molecule has 5 nitrogen and oxygen atoms in total. The maximum absolute atomic E-state index is 8.93. The van der Waals surface area contributed by atoms with Gasteiger partial charge in [0, 0.05) is 0 Å². The van der Waals surface area contributed by atoms with Gasteiger partial charge in [-0.1, -0.05) is 0 Å². The summed E-state index contributed by atoms with van der Waals surface area (Å²) < 4.78 is 8.25. The Morgan fingerprint density at radius 1 is 1.00 bits per heavy atom. The molecule has 7 heteroatoms. The summed E-state index contributed by atoms with van der Waals surface area (Å²) >= 11 is 0.750. The van der Waals surface area contributed by atoms with E-state index in [4.69, 9.17) is 23.1 Å². The molecule has 0 heterocycles. The monoisotopic (exact) mass is 159 g/mol. The molecule has 0 aromatic rings. The molecule has 0 aliphatic carbocycles. The van der Waals surface area contributed by atoms with E-state index < -0.39 is 11.9 Å². The third-order valence-electron chi connectivity index (χ3n) is 0.167. The number of carbonyl (C=O) groups is 2. The zero-order valence-corrected chi connectivity index (χ0v) is 6.10. The second-order valence-corrected chi connectivity index (χ2v) is 0.575. The fourth-order valence-corrected chi connectivity index (χ4v) is 0. The van der Waals surface area contributed by atoms with Crippen molar-refractivity contribution in [3.05, 3.63) is 0 Å². The van der Waals surface area contributed by atoms with Gasteiger partial charge in [0.05, 0.1) is 11.9 Å². The first-order valence-corrected chi connectivity index (χ1v) is 1.91. The summed E-state index contributed by atoms with van der Waals surface area (Å²) in [5.41, 5.74) is 0. The van der Waals surface area contributed by atoms with Gasteiger partial charge < -0.3 is 19.8 Å². The topological polar surface area (TPSA) is 97.3 Å². The Morgan fingerprint density at radius 3 is 1.11 bits per heavy atom. The van der Waals surface area contributed by atoms with E-state index in [0.29, 0.717) is 0 Å². The summed E-state index contributed by atoms with van der Waals surface area (Å²) in [6.45, 7) is 0. The molecule has 0 unspecified atom stereocenters. The summed E-state index contributed by atoms with van der Waals surface area (Å²) in [6, 6.07) is 0. The SMILES string of the molecule is O=C([O-])C(=O)[O-].[Li+].[O]=[Ti+2]. The van der Waals surface area contributed by atoms with Crippen molar-refractivity contribution < 1.29 is 62.4 Å². The van der Waals surface area contributed by atoms with Crippen LogP contribution in [-0.2, 0) is 33.3 Å². The van der Waals surface area contributed by atoms with Crippen molar-refractivity contribution in [3.63, 3.8) is 0 Å². The van der Waals surface area contributed by atoms with Gasteiger partial charge in [-0.3, -0.25) is 0 Å². The van der Waals surface area contributed by atoms with Crippen LogP contribution in [0.5, 0.6) is 0 Å². The van der Waals surface area contributed by atoms with Crippen LogP contribution in [0, 0.1) is 0 Å². The first-order valence-electron chi connectivity index (χ1n) is 1.27. The van der Waals surface area contributed by atoms with E-state index >= 15 is 0 Å². The second kappa shape index (κ2) is 10.9. The van der Waals surface area contributed by atoms with Crippen LogP contribution in [0.3, 0.4) is 0 Å². The number of hydrogen-bond donors (Lipinski definition) is 0. The van der Waals surface area contributed by atoms with Crippen LogP contribution in [0.1, 0.15) is 0 Å². The molecule has 0 aromatic carbocycles. The van der Waals surface area contributed by atoms with Gasteiger partial charge in [0.15, 0.2) is 0 Å². The minimum absolute atomic E-state index is 0. The molecule has 0 rings (SSSR count).